The summed E-state index contributed by atoms with van der Waals surface area (Å²) in [6, 6.07) is 11.3. The van der Waals surface area contributed by atoms with Gasteiger partial charge in [-0.25, -0.2) is 4.98 Å². The van der Waals surface area contributed by atoms with Crippen molar-refractivity contribution >= 4 is 17.3 Å². The van der Waals surface area contributed by atoms with Crippen LogP contribution < -0.4 is 5.32 Å². The SMILES string of the molecule is Cc1cc(NC2CCc3ccccc3C2)cnc1Cl. The number of aromatic nitrogens is 1. The Hall–Kier alpha value is -1.54. The van der Waals surface area contributed by atoms with Gasteiger partial charge in [0, 0.05) is 6.04 Å². The fourth-order valence-electron chi connectivity index (χ4n) is 2.69. The molecule has 0 aliphatic heterocycles. The van der Waals surface area contributed by atoms with Gasteiger partial charge in [0.1, 0.15) is 5.15 Å². The molecule has 1 aromatic carbocycles. The van der Waals surface area contributed by atoms with Crippen LogP contribution in [0.25, 0.3) is 0 Å². The average Bonchev–Trinajstić information content (AvgIpc) is 2.43. The van der Waals surface area contributed by atoms with E-state index in [0.29, 0.717) is 11.2 Å². The zero-order valence-electron chi connectivity index (χ0n) is 11.0. The molecule has 19 heavy (non-hydrogen) atoms. The van der Waals surface area contributed by atoms with E-state index in [1.807, 2.05) is 13.1 Å². The largest absolute Gasteiger partial charge is 0.381 e. The molecule has 1 heterocycles. The van der Waals surface area contributed by atoms with E-state index < -0.39 is 0 Å². The molecule has 0 spiro atoms. The molecule has 1 aliphatic rings. The second-order valence-electron chi connectivity index (χ2n) is 5.18. The predicted octanol–water partition coefficient (Wildman–Crippen LogP) is 4.01. The summed E-state index contributed by atoms with van der Waals surface area (Å²) < 4.78 is 0. The zero-order chi connectivity index (χ0) is 13.2. The van der Waals surface area contributed by atoms with Crippen LogP contribution >= 0.6 is 11.6 Å². The Morgan fingerprint density at radius 1 is 1.26 bits per heavy atom. The van der Waals surface area contributed by atoms with Crippen molar-refractivity contribution in [2.24, 2.45) is 0 Å². The van der Waals surface area contributed by atoms with Crippen LogP contribution in [0, 0.1) is 6.92 Å². The highest BCUT2D eigenvalue weighted by Crippen LogP contribution is 2.24. The fourth-order valence-corrected chi connectivity index (χ4v) is 2.80. The summed E-state index contributed by atoms with van der Waals surface area (Å²) in [6.07, 6.45) is 5.21. The highest BCUT2D eigenvalue weighted by atomic mass is 35.5. The fraction of sp³-hybridized carbons (Fsp3) is 0.312. The molecule has 0 saturated heterocycles. The van der Waals surface area contributed by atoms with Crippen LogP contribution in [-0.2, 0) is 12.8 Å². The van der Waals surface area contributed by atoms with Crippen LogP contribution in [-0.4, -0.2) is 11.0 Å². The number of benzene rings is 1. The summed E-state index contributed by atoms with van der Waals surface area (Å²) in [4.78, 5) is 4.19. The molecule has 0 saturated carbocycles. The Morgan fingerprint density at radius 3 is 2.84 bits per heavy atom. The molecule has 3 rings (SSSR count). The van der Waals surface area contributed by atoms with Crippen molar-refractivity contribution in [2.45, 2.75) is 32.2 Å². The maximum Gasteiger partial charge on any atom is 0.132 e. The van der Waals surface area contributed by atoms with E-state index in [-0.39, 0.29) is 0 Å². The standard InChI is InChI=1S/C16H17ClN2/c1-11-8-15(10-18-16(11)17)19-14-7-6-12-4-2-3-5-13(12)9-14/h2-5,8,10,14,19H,6-7,9H2,1H3. The van der Waals surface area contributed by atoms with Crippen molar-refractivity contribution in [3.63, 3.8) is 0 Å². The molecule has 1 unspecified atom stereocenters. The summed E-state index contributed by atoms with van der Waals surface area (Å²) in [5, 5.41) is 4.15. The minimum atomic E-state index is 0.484. The summed E-state index contributed by atoms with van der Waals surface area (Å²) in [5.41, 5.74) is 5.03. The quantitative estimate of drug-likeness (QED) is 0.836. The summed E-state index contributed by atoms with van der Waals surface area (Å²) in [7, 11) is 0. The van der Waals surface area contributed by atoms with Gasteiger partial charge in [0.05, 0.1) is 11.9 Å². The number of nitrogens with zero attached hydrogens (tertiary/aromatic N) is 1. The monoisotopic (exact) mass is 272 g/mol. The predicted molar refractivity (Wildman–Crippen MR) is 79.9 cm³/mol. The molecule has 2 aromatic rings. The maximum absolute atomic E-state index is 5.95. The molecule has 98 valence electrons. The van der Waals surface area contributed by atoms with Crippen LogP contribution in [0.3, 0.4) is 0 Å². The lowest BCUT2D eigenvalue weighted by Gasteiger charge is -2.26. The number of hydrogen-bond acceptors (Lipinski definition) is 2. The first-order valence-electron chi connectivity index (χ1n) is 6.68. The number of aryl methyl sites for hydroxylation is 2. The third-order valence-corrected chi connectivity index (χ3v) is 4.13. The molecule has 1 aliphatic carbocycles. The molecule has 0 amide bonds. The van der Waals surface area contributed by atoms with E-state index in [2.05, 4.69) is 40.6 Å². The van der Waals surface area contributed by atoms with E-state index >= 15 is 0 Å². The van der Waals surface area contributed by atoms with Crippen LogP contribution in [0.2, 0.25) is 5.15 Å². The van der Waals surface area contributed by atoms with Gasteiger partial charge in [0.2, 0.25) is 0 Å². The number of anilines is 1. The van der Waals surface area contributed by atoms with Crippen LogP contribution in [0.5, 0.6) is 0 Å². The number of pyridine rings is 1. The van der Waals surface area contributed by atoms with E-state index in [9.17, 15) is 0 Å². The number of halogens is 1. The maximum atomic E-state index is 5.95. The second kappa shape index (κ2) is 5.22. The normalized spacial score (nSPS) is 17.9. The molecule has 1 aromatic heterocycles. The van der Waals surface area contributed by atoms with E-state index in [1.165, 1.54) is 17.5 Å². The second-order valence-corrected chi connectivity index (χ2v) is 5.54. The molecule has 1 N–H and O–H groups in total. The molecule has 1 atom stereocenters. The molecule has 0 bridgehead atoms. The van der Waals surface area contributed by atoms with Gasteiger partial charge in [-0.05, 0) is 48.9 Å². The lowest BCUT2D eigenvalue weighted by atomic mass is 9.88. The molecule has 0 fully saturated rings. The molecule has 2 nitrogen and oxygen atoms in total. The van der Waals surface area contributed by atoms with Gasteiger partial charge in [-0.2, -0.15) is 0 Å². The highest BCUT2D eigenvalue weighted by Gasteiger charge is 2.18. The number of nitrogens with one attached hydrogen (secondary N) is 1. The summed E-state index contributed by atoms with van der Waals surface area (Å²) in [6.45, 7) is 1.98. The Balaban J connectivity index is 1.73. The van der Waals surface area contributed by atoms with Gasteiger partial charge in [-0.1, -0.05) is 35.9 Å². The first-order chi connectivity index (χ1) is 9.22. The number of fused-ring (bicyclic) bond motifs is 1. The first kappa shape index (κ1) is 12.5. The van der Waals surface area contributed by atoms with E-state index in [4.69, 9.17) is 11.6 Å². The minimum absolute atomic E-state index is 0.484. The molecular weight excluding hydrogens is 256 g/mol. The van der Waals surface area contributed by atoms with Gasteiger partial charge < -0.3 is 5.32 Å². The van der Waals surface area contributed by atoms with Crippen molar-refractivity contribution in [2.75, 3.05) is 5.32 Å². The zero-order valence-corrected chi connectivity index (χ0v) is 11.7. The Kier molecular flexibility index (Phi) is 3.43. The van der Waals surface area contributed by atoms with Crippen molar-refractivity contribution < 1.29 is 0 Å². The van der Waals surface area contributed by atoms with Crippen molar-refractivity contribution in [3.05, 3.63) is 58.4 Å². The Labute approximate surface area is 118 Å². The van der Waals surface area contributed by atoms with Gasteiger partial charge >= 0.3 is 0 Å². The lowest BCUT2D eigenvalue weighted by Crippen LogP contribution is -2.27. The number of rotatable bonds is 2. The summed E-state index contributed by atoms with van der Waals surface area (Å²) >= 11 is 5.95. The third kappa shape index (κ3) is 2.74. The molecule has 0 radical (unpaired) electrons. The highest BCUT2D eigenvalue weighted by molar-refractivity contribution is 6.30. The average molecular weight is 273 g/mol. The van der Waals surface area contributed by atoms with Crippen LogP contribution in [0.4, 0.5) is 5.69 Å². The van der Waals surface area contributed by atoms with Crippen molar-refractivity contribution in [1.29, 1.82) is 0 Å². The van der Waals surface area contributed by atoms with Gasteiger partial charge in [-0.15, -0.1) is 0 Å². The van der Waals surface area contributed by atoms with Gasteiger partial charge in [0.15, 0.2) is 0 Å². The Morgan fingerprint density at radius 2 is 2.05 bits per heavy atom. The molecule has 3 heteroatoms. The minimum Gasteiger partial charge on any atom is -0.381 e. The van der Waals surface area contributed by atoms with Crippen LogP contribution in [0.15, 0.2) is 36.5 Å². The van der Waals surface area contributed by atoms with Crippen molar-refractivity contribution in [1.82, 2.24) is 4.98 Å². The van der Waals surface area contributed by atoms with Gasteiger partial charge in [-0.3, -0.25) is 0 Å². The third-order valence-electron chi connectivity index (χ3n) is 3.73. The smallest absolute Gasteiger partial charge is 0.132 e. The molecular formula is C16H17ClN2. The lowest BCUT2D eigenvalue weighted by molar-refractivity contribution is 0.610. The van der Waals surface area contributed by atoms with E-state index in [1.54, 1.807) is 0 Å². The van der Waals surface area contributed by atoms with E-state index in [0.717, 1.165) is 24.1 Å². The van der Waals surface area contributed by atoms with Crippen LogP contribution in [0.1, 0.15) is 23.1 Å². The Bertz CT molecular complexity index is 595. The van der Waals surface area contributed by atoms with Gasteiger partial charge in [0.25, 0.3) is 0 Å². The topological polar surface area (TPSA) is 24.9 Å². The first-order valence-corrected chi connectivity index (χ1v) is 7.05. The number of hydrogen-bond donors (Lipinski definition) is 1. The summed E-state index contributed by atoms with van der Waals surface area (Å²) in [5.74, 6) is 0. The van der Waals surface area contributed by atoms with Crippen molar-refractivity contribution in [3.8, 4) is 0 Å².